The predicted octanol–water partition coefficient (Wildman–Crippen LogP) is -1.59. The fourth-order valence-electron chi connectivity index (χ4n) is 3.18. The van der Waals surface area contributed by atoms with Crippen molar-refractivity contribution in [2.24, 2.45) is 0 Å². The third-order valence-electron chi connectivity index (χ3n) is 4.61. The minimum Gasteiger partial charge on any atom is -0.530 e. The molecular weight excluding hydrogens is 364 g/mol. The summed E-state index contributed by atoms with van der Waals surface area (Å²) in [6.07, 6.45) is -0.848. The monoisotopic (exact) mass is 394 g/mol. The fourth-order valence-corrected chi connectivity index (χ4v) is 3.18. The molecule has 10 heteroatoms. The molecule has 0 radical (unpaired) electrons. The van der Waals surface area contributed by atoms with Crippen LogP contribution in [-0.4, -0.2) is 86.1 Å². The Hall–Kier alpha value is -2.27. The highest BCUT2D eigenvalue weighted by Crippen LogP contribution is 2.13. The third kappa shape index (κ3) is 8.61. The number of carbonyl (C=O) groups excluding carboxylic acids is 1. The van der Waals surface area contributed by atoms with Gasteiger partial charge in [0.1, 0.15) is 6.09 Å². The van der Waals surface area contributed by atoms with Crippen LogP contribution in [0.5, 0.6) is 0 Å². The molecular formula is C18H30N6O4. The van der Waals surface area contributed by atoms with E-state index in [2.05, 4.69) is 26.2 Å². The van der Waals surface area contributed by atoms with Gasteiger partial charge in [-0.2, -0.15) is 0 Å². The summed E-state index contributed by atoms with van der Waals surface area (Å²) in [4.78, 5) is 24.1. The largest absolute Gasteiger partial charge is 0.530 e. The van der Waals surface area contributed by atoms with Gasteiger partial charge in [-0.3, -0.25) is 4.90 Å². The highest BCUT2D eigenvalue weighted by Gasteiger charge is 2.16. The predicted molar refractivity (Wildman–Crippen MR) is 103 cm³/mol. The Morgan fingerprint density at radius 2 is 1.61 bits per heavy atom. The highest BCUT2D eigenvalue weighted by atomic mass is 16.6. The zero-order valence-corrected chi connectivity index (χ0v) is 16.0. The van der Waals surface area contributed by atoms with Crippen molar-refractivity contribution in [3.63, 3.8) is 0 Å². The molecule has 5 N–H and O–H groups in total. The Labute approximate surface area is 164 Å². The van der Waals surface area contributed by atoms with Crippen molar-refractivity contribution in [1.82, 2.24) is 26.2 Å². The smallest absolute Gasteiger partial charge is 0.316 e. The van der Waals surface area contributed by atoms with Crippen molar-refractivity contribution >= 4 is 11.8 Å². The lowest BCUT2D eigenvalue weighted by atomic mass is 10.0. The van der Waals surface area contributed by atoms with E-state index in [0.717, 1.165) is 57.9 Å². The maximum Gasteiger partial charge on any atom is 0.316 e. The van der Waals surface area contributed by atoms with Gasteiger partial charge < -0.3 is 31.2 Å². The SMILES string of the molecule is O=C([O-])NC(Cc1ccc([N+](=O)O)cc1)CN1CCNCCNCCNCC1. The van der Waals surface area contributed by atoms with Gasteiger partial charge in [-0.25, -0.2) is 5.21 Å². The topological polar surface area (TPSA) is 132 Å². The standard InChI is InChI=1S/C18H30N6O4/c25-18(26)22-16(13-15-1-3-17(4-2-15)24(27)28)14-23-11-9-20-7-5-19-6-8-21-10-12-23/h1-4,16,19-22H,5-14H2,(H-,25,26,27,28). The molecule has 0 spiro atoms. The molecule has 10 nitrogen and oxygen atoms in total. The molecule has 1 saturated heterocycles. The van der Waals surface area contributed by atoms with Crippen LogP contribution in [0.1, 0.15) is 5.56 Å². The molecule has 0 bridgehead atoms. The molecule has 156 valence electrons. The van der Waals surface area contributed by atoms with Crippen LogP contribution < -0.4 is 26.4 Å². The lowest BCUT2D eigenvalue weighted by Crippen LogP contribution is -2.51. The lowest BCUT2D eigenvalue weighted by molar-refractivity contribution is -0.729. The summed E-state index contributed by atoms with van der Waals surface area (Å²) in [7, 11) is 0. The second-order valence-corrected chi connectivity index (χ2v) is 6.82. The van der Waals surface area contributed by atoms with Crippen LogP contribution in [0.25, 0.3) is 0 Å². The second kappa shape index (κ2) is 12.2. The summed E-state index contributed by atoms with van der Waals surface area (Å²) in [5.41, 5.74) is 0.990. The van der Waals surface area contributed by atoms with Crippen LogP contribution in [-0.2, 0) is 6.42 Å². The van der Waals surface area contributed by atoms with E-state index in [1.165, 1.54) is 12.1 Å². The molecule has 1 atom stereocenters. The number of hydrogen-bond donors (Lipinski definition) is 5. The maximum atomic E-state index is 11.1. The van der Waals surface area contributed by atoms with Crippen LogP contribution in [0.4, 0.5) is 10.5 Å². The van der Waals surface area contributed by atoms with Gasteiger partial charge in [0, 0.05) is 77.1 Å². The van der Waals surface area contributed by atoms with E-state index in [9.17, 15) is 14.8 Å². The molecule has 2 rings (SSSR count). The molecule has 1 aliphatic rings. The van der Waals surface area contributed by atoms with Crippen molar-refractivity contribution in [3.8, 4) is 0 Å². The zero-order valence-electron chi connectivity index (χ0n) is 16.0. The van der Waals surface area contributed by atoms with Gasteiger partial charge in [0.2, 0.25) is 0 Å². The van der Waals surface area contributed by atoms with Crippen LogP contribution in [0.15, 0.2) is 24.3 Å². The zero-order chi connectivity index (χ0) is 20.2. The number of rotatable bonds is 6. The molecule has 1 fully saturated rings. The Kier molecular flexibility index (Phi) is 9.63. The number of amides is 1. The first-order valence-electron chi connectivity index (χ1n) is 9.61. The van der Waals surface area contributed by atoms with Crippen LogP contribution in [0, 0.1) is 4.91 Å². The Morgan fingerprint density at radius 1 is 1.07 bits per heavy atom. The van der Waals surface area contributed by atoms with Crippen molar-refractivity contribution in [2.45, 2.75) is 12.5 Å². The Balaban J connectivity index is 1.96. The summed E-state index contributed by atoms with van der Waals surface area (Å²) in [6, 6.07) is 6.05. The lowest BCUT2D eigenvalue weighted by Gasteiger charge is -2.29. The van der Waals surface area contributed by atoms with Gasteiger partial charge in [0.15, 0.2) is 0 Å². The normalized spacial score (nSPS) is 18.4. The van der Waals surface area contributed by atoms with Gasteiger partial charge in [-0.1, -0.05) is 12.1 Å². The van der Waals surface area contributed by atoms with Crippen LogP contribution in [0.2, 0.25) is 0 Å². The molecule has 0 saturated carbocycles. The molecule has 0 aliphatic carbocycles. The number of hydrogen-bond acceptors (Lipinski definition) is 7. The first kappa shape index (κ1) is 22.0. The summed E-state index contributed by atoms with van der Waals surface area (Å²) in [5, 5.41) is 32.7. The van der Waals surface area contributed by atoms with E-state index in [4.69, 9.17) is 5.21 Å². The van der Waals surface area contributed by atoms with Crippen LogP contribution in [0.3, 0.4) is 0 Å². The van der Waals surface area contributed by atoms with E-state index in [1.54, 1.807) is 12.1 Å². The van der Waals surface area contributed by atoms with Gasteiger partial charge in [0.25, 0.3) is 4.92 Å². The fraction of sp³-hybridized carbons (Fsp3) is 0.611. The molecule has 1 amide bonds. The Bertz CT molecular complexity index is 601. The summed E-state index contributed by atoms with van der Waals surface area (Å²) < 4.78 is 0. The number of nitrogens with zero attached hydrogens (tertiary/aromatic N) is 2. The molecule has 0 aromatic heterocycles. The third-order valence-corrected chi connectivity index (χ3v) is 4.61. The average molecular weight is 394 g/mol. The van der Waals surface area contributed by atoms with Crippen molar-refractivity contribution in [1.29, 1.82) is 0 Å². The number of carbonyl (C=O) groups is 1. The molecule has 28 heavy (non-hydrogen) atoms. The average Bonchev–Trinajstić information content (AvgIpc) is 2.64. The van der Waals surface area contributed by atoms with Gasteiger partial charge >= 0.3 is 5.69 Å². The van der Waals surface area contributed by atoms with E-state index < -0.39 is 6.09 Å². The quantitative estimate of drug-likeness (QED) is 0.365. The Morgan fingerprint density at radius 3 is 2.11 bits per heavy atom. The summed E-state index contributed by atoms with van der Waals surface area (Å²) in [6.45, 7) is 7.43. The molecule has 1 unspecified atom stereocenters. The van der Waals surface area contributed by atoms with E-state index in [1.807, 2.05) is 0 Å². The van der Waals surface area contributed by atoms with Gasteiger partial charge in [-0.15, -0.1) is 0 Å². The van der Waals surface area contributed by atoms with E-state index >= 15 is 0 Å². The van der Waals surface area contributed by atoms with E-state index in [0.29, 0.717) is 13.0 Å². The second-order valence-electron chi connectivity index (χ2n) is 6.82. The molecule has 1 aromatic rings. The minimum atomic E-state index is -1.31. The molecule has 1 aliphatic heterocycles. The maximum absolute atomic E-state index is 11.1. The van der Waals surface area contributed by atoms with Crippen molar-refractivity contribution in [2.75, 3.05) is 58.9 Å². The molecule has 1 aromatic carbocycles. The summed E-state index contributed by atoms with van der Waals surface area (Å²) >= 11 is 0. The number of benzene rings is 1. The van der Waals surface area contributed by atoms with Crippen LogP contribution >= 0.6 is 0 Å². The van der Waals surface area contributed by atoms with Gasteiger partial charge in [0.05, 0.1) is 4.91 Å². The first-order chi connectivity index (χ1) is 13.5. The highest BCUT2D eigenvalue weighted by molar-refractivity contribution is 5.62. The van der Waals surface area contributed by atoms with Crippen molar-refractivity contribution in [3.05, 3.63) is 34.7 Å². The number of nitrogens with one attached hydrogen (secondary N) is 4. The minimum absolute atomic E-state index is 0.128. The number of carboxylic acid groups (broad SMARTS) is 1. The summed E-state index contributed by atoms with van der Waals surface area (Å²) in [5.74, 6) is 0. The van der Waals surface area contributed by atoms with Crippen molar-refractivity contribution < 1.29 is 20.0 Å². The van der Waals surface area contributed by atoms with E-state index in [-0.39, 0.29) is 16.7 Å². The molecule has 1 heterocycles. The van der Waals surface area contributed by atoms with Gasteiger partial charge in [-0.05, 0) is 12.0 Å². The first-order valence-corrected chi connectivity index (χ1v) is 9.61.